The van der Waals surface area contributed by atoms with E-state index in [1.54, 1.807) is 10.9 Å². The monoisotopic (exact) mass is 358 g/mol. The van der Waals surface area contributed by atoms with Gasteiger partial charge in [-0.15, -0.1) is 0 Å². The third-order valence-electron chi connectivity index (χ3n) is 4.51. The number of anilines is 1. The van der Waals surface area contributed by atoms with Crippen molar-refractivity contribution in [1.82, 2.24) is 15.1 Å². The fourth-order valence-electron chi connectivity index (χ4n) is 3.14. The van der Waals surface area contributed by atoms with Gasteiger partial charge in [-0.3, -0.25) is 9.59 Å². The summed E-state index contributed by atoms with van der Waals surface area (Å²) < 4.78 is 1.76. The van der Waals surface area contributed by atoms with Crippen LogP contribution in [-0.4, -0.2) is 28.1 Å². The minimum Gasteiger partial charge on any atom is -0.352 e. The molecule has 2 N–H and O–H groups in total. The molecule has 4 rings (SSSR count). The quantitative estimate of drug-likeness (QED) is 0.704. The normalized spacial score (nSPS) is 12.8. The molecule has 0 spiro atoms. The van der Waals surface area contributed by atoms with Gasteiger partial charge in [-0.25, -0.2) is 4.68 Å². The maximum absolute atomic E-state index is 11.9. The first-order valence-corrected chi connectivity index (χ1v) is 8.64. The number of hydrogen-bond acceptors (Lipinski definition) is 3. The van der Waals surface area contributed by atoms with E-state index in [1.165, 1.54) is 6.08 Å². The lowest BCUT2D eigenvalue weighted by Crippen LogP contribution is -2.31. The largest absolute Gasteiger partial charge is 0.352 e. The minimum absolute atomic E-state index is 0.0168. The number of amides is 2. The number of nitrogens with zero attached hydrogens (tertiary/aromatic N) is 2. The minimum atomic E-state index is -0.258. The molecule has 2 heterocycles. The lowest BCUT2D eigenvalue weighted by Gasteiger charge is -2.16. The highest BCUT2D eigenvalue weighted by atomic mass is 16.2. The van der Waals surface area contributed by atoms with Crippen molar-refractivity contribution in [1.29, 1.82) is 0 Å². The molecule has 1 aromatic heterocycles. The van der Waals surface area contributed by atoms with E-state index >= 15 is 0 Å². The van der Waals surface area contributed by atoms with Crippen LogP contribution < -0.4 is 10.6 Å². The van der Waals surface area contributed by atoms with E-state index in [1.807, 2.05) is 42.6 Å². The Labute approximate surface area is 156 Å². The van der Waals surface area contributed by atoms with Crippen molar-refractivity contribution in [2.75, 3.05) is 11.9 Å². The molecule has 6 nitrogen and oxygen atoms in total. The third kappa shape index (κ3) is 3.37. The Bertz CT molecular complexity index is 1050. The van der Waals surface area contributed by atoms with Gasteiger partial charge in [0.2, 0.25) is 5.91 Å². The number of hydrogen-bond donors (Lipinski definition) is 2. The van der Waals surface area contributed by atoms with Crippen molar-refractivity contribution in [3.05, 3.63) is 78.6 Å². The summed E-state index contributed by atoms with van der Waals surface area (Å²) in [5, 5.41) is 10.0. The summed E-state index contributed by atoms with van der Waals surface area (Å²) in [6.45, 7) is 4.12. The van der Waals surface area contributed by atoms with Crippen LogP contribution in [0.25, 0.3) is 16.8 Å². The van der Waals surface area contributed by atoms with Gasteiger partial charge in [0.15, 0.2) is 0 Å². The Balaban J connectivity index is 1.62. The highest BCUT2D eigenvalue weighted by Gasteiger charge is 2.17. The average Bonchev–Trinajstić information content (AvgIpc) is 3.18. The van der Waals surface area contributed by atoms with Crippen LogP contribution in [0.4, 0.5) is 5.69 Å². The van der Waals surface area contributed by atoms with Crippen LogP contribution >= 0.6 is 0 Å². The number of aromatic nitrogens is 2. The predicted molar refractivity (Wildman–Crippen MR) is 104 cm³/mol. The van der Waals surface area contributed by atoms with E-state index < -0.39 is 0 Å². The third-order valence-corrected chi connectivity index (χ3v) is 4.51. The molecule has 3 aromatic rings. The molecule has 0 aliphatic carbocycles. The van der Waals surface area contributed by atoms with Gasteiger partial charge in [-0.2, -0.15) is 5.10 Å². The fraction of sp³-hybridized carbons (Fsp3) is 0.0952. The van der Waals surface area contributed by atoms with E-state index in [0.29, 0.717) is 12.2 Å². The van der Waals surface area contributed by atoms with Gasteiger partial charge in [0, 0.05) is 29.6 Å². The highest BCUT2D eigenvalue weighted by Crippen LogP contribution is 2.25. The Morgan fingerprint density at radius 3 is 2.96 bits per heavy atom. The lowest BCUT2D eigenvalue weighted by molar-refractivity contribution is -0.111. The Morgan fingerprint density at radius 2 is 2.11 bits per heavy atom. The molecule has 2 amide bonds. The first-order valence-electron chi connectivity index (χ1n) is 8.64. The summed E-state index contributed by atoms with van der Waals surface area (Å²) in [4.78, 5) is 23.4. The zero-order valence-electron chi connectivity index (χ0n) is 14.6. The van der Waals surface area contributed by atoms with Gasteiger partial charge in [0.25, 0.3) is 5.91 Å². The van der Waals surface area contributed by atoms with Crippen molar-refractivity contribution in [3.8, 4) is 16.8 Å². The molecule has 1 aliphatic rings. The maximum atomic E-state index is 11.9. The van der Waals surface area contributed by atoms with Crippen molar-refractivity contribution in [2.45, 2.75) is 6.42 Å². The number of rotatable bonds is 4. The van der Waals surface area contributed by atoms with Crippen LogP contribution in [0.2, 0.25) is 0 Å². The molecule has 0 bridgehead atoms. The summed E-state index contributed by atoms with van der Waals surface area (Å²) in [6, 6.07) is 13.3. The summed E-state index contributed by atoms with van der Waals surface area (Å²) in [6.07, 6.45) is 5.78. The summed E-state index contributed by atoms with van der Waals surface area (Å²) in [5.74, 6) is -0.275. The van der Waals surface area contributed by atoms with Gasteiger partial charge in [0.1, 0.15) is 0 Å². The highest BCUT2D eigenvalue weighted by molar-refractivity contribution is 5.99. The number of benzene rings is 2. The van der Waals surface area contributed by atoms with E-state index in [0.717, 1.165) is 34.4 Å². The second-order valence-corrected chi connectivity index (χ2v) is 6.30. The molecule has 27 heavy (non-hydrogen) atoms. The van der Waals surface area contributed by atoms with Crippen molar-refractivity contribution in [2.24, 2.45) is 0 Å². The first kappa shape index (κ1) is 16.8. The van der Waals surface area contributed by atoms with Gasteiger partial charge in [-0.1, -0.05) is 24.8 Å². The molecule has 1 aliphatic heterocycles. The summed E-state index contributed by atoms with van der Waals surface area (Å²) >= 11 is 0. The Morgan fingerprint density at radius 1 is 1.22 bits per heavy atom. The number of carbonyl (C=O) groups excluding carboxylic acids is 2. The van der Waals surface area contributed by atoms with Crippen LogP contribution in [0.1, 0.15) is 15.9 Å². The molecule has 134 valence electrons. The molecule has 0 radical (unpaired) electrons. The van der Waals surface area contributed by atoms with Crippen molar-refractivity contribution >= 4 is 17.5 Å². The van der Waals surface area contributed by atoms with Crippen LogP contribution in [0.3, 0.4) is 0 Å². The summed E-state index contributed by atoms with van der Waals surface area (Å²) in [7, 11) is 0. The molecule has 0 atom stereocenters. The molecular formula is C21H18N4O2. The number of nitrogens with one attached hydrogen (secondary N) is 2. The van der Waals surface area contributed by atoms with Crippen LogP contribution in [0, 0.1) is 0 Å². The molecule has 6 heteroatoms. The second kappa shape index (κ2) is 6.92. The van der Waals surface area contributed by atoms with Crippen LogP contribution in [0.5, 0.6) is 0 Å². The van der Waals surface area contributed by atoms with E-state index in [-0.39, 0.29) is 11.8 Å². The molecular weight excluding hydrogens is 340 g/mol. The Kier molecular flexibility index (Phi) is 4.30. The molecule has 0 fully saturated rings. The van der Waals surface area contributed by atoms with Gasteiger partial charge >= 0.3 is 0 Å². The lowest BCUT2D eigenvalue weighted by atomic mass is 9.96. The van der Waals surface area contributed by atoms with Crippen LogP contribution in [0.15, 0.2) is 67.5 Å². The molecule has 0 saturated heterocycles. The van der Waals surface area contributed by atoms with E-state index in [9.17, 15) is 9.59 Å². The van der Waals surface area contributed by atoms with Crippen molar-refractivity contribution in [3.63, 3.8) is 0 Å². The van der Waals surface area contributed by atoms with Gasteiger partial charge < -0.3 is 10.6 Å². The standard InChI is InChI=1S/C21H18N4O2/c1-2-20(26)24-17-4-3-5-18(11-17)25-13-16(12-23-25)14-6-7-19-15(10-14)8-9-22-21(19)27/h2-7,10-13H,1,8-9H2,(H,22,27)(H,24,26). The molecule has 0 saturated carbocycles. The zero-order chi connectivity index (χ0) is 18.8. The smallest absolute Gasteiger partial charge is 0.251 e. The SMILES string of the molecule is C=CC(=O)Nc1cccc(-n2cc(-c3ccc4c(c3)CCNC4=O)cn2)c1. The van der Waals surface area contributed by atoms with E-state index in [2.05, 4.69) is 28.4 Å². The fourth-order valence-corrected chi connectivity index (χ4v) is 3.14. The first-order chi connectivity index (χ1) is 13.1. The van der Waals surface area contributed by atoms with E-state index in [4.69, 9.17) is 0 Å². The van der Waals surface area contributed by atoms with Gasteiger partial charge in [0.05, 0.1) is 11.9 Å². The van der Waals surface area contributed by atoms with Crippen LogP contribution in [-0.2, 0) is 11.2 Å². The number of carbonyl (C=O) groups is 2. The number of fused-ring (bicyclic) bond motifs is 1. The average molecular weight is 358 g/mol. The molecule has 2 aromatic carbocycles. The molecule has 0 unspecified atom stereocenters. The predicted octanol–water partition coefficient (Wildman–Crippen LogP) is 2.95. The van der Waals surface area contributed by atoms with Gasteiger partial charge in [-0.05, 0) is 47.9 Å². The van der Waals surface area contributed by atoms with Crippen molar-refractivity contribution < 1.29 is 9.59 Å². The second-order valence-electron chi connectivity index (χ2n) is 6.30. The maximum Gasteiger partial charge on any atom is 0.251 e. The Hall–Kier alpha value is -3.67. The zero-order valence-corrected chi connectivity index (χ0v) is 14.6. The topological polar surface area (TPSA) is 76.0 Å². The summed E-state index contributed by atoms with van der Waals surface area (Å²) in [5.41, 5.74) is 5.28.